The fourth-order valence-electron chi connectivity index (χ4n) is 3.76. The zero-order chi connectivity index (χ0) is 18.2. The number of carbonyl (C=O) groups excluding carboxylic acids is 1. The van der Waals surface area contributed by atoms with E-state index in [0.29, 0.717) is 12.5 Å². The van der Waals surface area contributed by atoms with E-state index in [0.717, 1.165) is 53.6 Å². The highest BCUT2D eigenvalue weighted by Crippen LogP contribution is 2.31. The van der Waals surface area contributed by atoms with E-state index < -0.39 is 0 Å². The van der Waals surface area contributed by atoms with Crippen LogP contribution in [-0.4, -0.2) is 52.0 Å². The third kappa shape index (κ3) is 3.27. The number of aromatic nitrogens is 4. The molecule has 2 aliphatic rings. The van der Waals surface area contributed by atoms with Crippen molar-refractivity contribution in [2.24, 2.45) is 5.92 Å². The summed E-state index contributed by atoms with van der Waals surface area (Å²) in [5.74, 6) is 1.47. The zero-order valence-electron chi connectivity index (χ0n) is 15.0. The van der Waals surface area contributed by atoms with E-state index in [2.05, 4.69) is 30.4 Å². The van der Waals surface area contributed by atoms with Crippen molar-refractivity contribution in [1.82, 2.24) is 25.5 Å². The van der Waals surface area contributed by atoms with Gasteiger partial charge in [-0.25, -0.2) is 9.78 Å². The van der Waals surface area contributed by atoms with E-state index in [4.69, 9.17) is 4.74 Å². The number of ether oxygens (including phenoxy) is 1. The molecule has 27 heavy (non-hydrogen) atoms. The zero-order valence-corrected chi connectivity index (χ0v) is 15.0. The molecule has 1 aliphatic carbocycles. The molecule has 0 bridgehead atoms. The van der Waals surface area contributed by atoms with Gasteiger partial charge in [-0.2, -0.15) is 5.10 Å². The van der Waals surface area contributed by atoms with E-state index >= 15 is 0 Å². The number of aromatic amines is 1. The van der Waals surface area contributed by atoms with Crippen LogP contribution in [0.1, 0.15) is 25.7 Å². The van der Waals surface area contributed by atoms with Crippen molar-refractivity contribution >= 4 is 33.7 Å². The molecule has 140 valence electrons. The first-order valence-corrected chi connectivity index (χ1v) is 9.55. The van der Waals surface area contributed by atoms with Gasteiger partial charge in [0.05, 0.1) is 12.7 Å². The second kappa shape index (κ2) is 6.68. The van der Waals surface area contributed by atoms with Crippen molar-refractivity contribution in [3.05, 3.63) is 24.7 Å². The monoisotopic (exact) mass is 366 g/mol. The van der Waals surface area contributed by atoms with Gasteiger partial charge in [-0.1, -0.05) is 0 Å². The summed E-state index contributed by atoms with van der Waals surface area (Å²) in [6, 6.07) is 2.01. The number of pyridine rings is 1. The Balaban J connectivity index is 1.37. The first-order valence-electron chi connectivity index (χ1n) is 9.55. The minimum absolute atomic E-state index is 0.140. The van der Waals surface area contributed by atoms with Crippen molar-refractivity contribution in [1.29, 1.82) is 0 Å². The fourth-order valence-corrected chi connectivity index (χ4v) is 3.76. The van der Waals surface area contributed by atoms with Gasteiger partial charge < -0.3 is 19.9 Å². The normalized spacial score (nSPS) is 20.1. The average Bonchev–Trinajstić information content (AvgIpc) is 3.40. The first-order chi connectivity index (χ1) is 13.3. The largest absolute Gasteiger partial charge is 0.444 e. The van der Waals surface area contributed by atoms with Crippen LogP contribution < -0.4 is 10.2 Å². The quantitative estimate of drug-likeness (QED) is 0.737. The van der Waals surface area contributed by atoms with Crippen LogP contribution in [0, 0.1) is 5.92 Å². The van der Waals surface area contributed by atoms with Crippen molar-refractivity contribution in [3.8, 4) is 0 Å². The summed E-state index contributed by atoms with van der Waals surface area (Å²) in [7, 11) is 0. The number of hydrogen-bond acceptors (Lipinski definition) is 6. The number of rotatable bonds is 4. The van der Waals surface area contributed by atoms with Crippen LogP contribution in [0.15, 0.2) is 24.7 Å². The average molecular weight is 366 g/mol. The van der Waals surface area contributed by atoms with Crippen LogP contribution in [0.3, 0.4) is 0 Å². The summed E-state index contributed by atoms with van der Waals surface area (Å²) in [5.41, 5.74) is 0.834. The van der Waals surface area contributed by atoms with Crippen LogP contribution in [0.2, 0.25) is 0 Å². The predicted octanol–water partition coefficient (Wildman–Crippen LogP) is 2.61. The highest BCUT2D eigenvalue weighted by molar-refractivity contribution is 6.09. The van der Waals surface area contributed by atoms with Crippen LogP contribution in [0.4, 0.5) is 10.6 Å². The van der Waals surface area contributed by atoms with Crippen molar-refractivity contribution in [2.75, 3.05) is 24.5 Å². The minimum atomic E-state index is -0.310. The Kier molecular flexibility index (Phi) is 4.03. The maximum Gasteiger partial charge on any atom is 0.407 e. The Morgan fingerprint density at radius 3 is 3.15 bits per heavy atom. The SMILES string of the molecule is O=C(NCC1CC1)OC1CCCN(c2nncc3cnc4[nH]ccc4c23)C1. The summed E-state index contributed by atoms with van der Waals surface area (Å²) in [5, 5.41) is 14.5. The van der Waals surface area contributed by atoms with Gasteiger partial charge in [0.25, 0.3) is 0 Å². The number of H-pyrrole nitrogens is 1. The predicted molar refractivity (Wildman–Crippen MR) is 102 cm³/mol. The highest BCUT2D eigenvalue weighted by Gasteiger charge is 2.27. The van der Waals surface area contributed by atoms with Crippen molar-refractivity contribution in [2.45, 2.75) is 31.8 Å². The molecule has 1 amide bonds. The molecule has 1 saturated heterocycles. The lowest BCUT2D eigenvalue weighted by Gasteiger charge is -2.33. The molecule has 4 heterocycles. The Bertz CT molecular complexity index is 983. The topological polar surface area (TPSA) is 96.0 Å². The maximum absolute atomic E-state index is 12.0. The van der Waals surface area contributed by atoms with Crippen molar-refractivity contribution < 1.29 is 9.53 Å². The third-order valence-electron chi connectivity index (χ3n) is 5.37. The lowest BCUT2D eigenvalue weighted by atomic mass is 10.1. The van der Waals surface area contributed by atoms with Crippen LogP contribution in [-0.2, 0) is 4.74 Å². The van der Waals surface area contributed by atoms with Crippen molar-refractivity contribution in [3.63, 3.8) is 0 Å². The van der Waals surface area contributed by atoms with E-state index in [1.165, 1.54) is 12.8 Å². The summed E-state index contributed by atoms with van der Waals surface area (Å²) in [6.07, 6.45) is 9.21. The van der Waals surface area contributed by atoms with Crippen LogP contribution >= 0.6 is 0 Å². The van der Waals surface area contributed by atoms with E-state index in [1.807, 2.05) is 18.5 Å². The maximum atomic E-state index is 12.0. The first kappa shape index (κ1) is 16.3. The molecular weight excluding hydrogens is 344 g/mol. The molecule has 2 fully saturated rings. The lowest BCUT2D eigenvalue weighted by Crippen LogP contribution is -2.43. The Morgan fingerprint density at radius 2 is 2.26 bits per heavy atom. The number of fused-ring (bicyclic) bond motifs is 3. The molecule has 8 nitrogen and oxygen atoms in total. The third-order valence-corrected chi connectivity index (χ3v) is 5.37. The number of hydrogen-bond donors (Lipinski definition) is 2. The second-order valence-electron chi connectivity index (χ2n) is 7.44. The number of anilines is 1. The fraction of sp³-hybridized carbons (Fsp3) is 0.474. The van der Waals surface area contributed by atoms with Gasteiger partial charge in [-0.05, 0) is 37.7 Å². The molecule has 2 N–H and O–H groups in total. The highest BCUT2D eigenvalue weighted by atomic mass is 16.6. The number of nitrogens with zero attached hydrogens (tertiary/aromatic N) is 4. The minimum Gasteiger partial charge on any atom is -0.444 e. The van der Waals surface area contributed by atoms with Gasteiger partial charge in [-0.3, -0.25) is 0 Å². The number of alkyl carbamates (subject to hydrolysis) is 1. The molecule has 3 aromatic rings. The smallest absolute Gasteiger partial charge is 0.407 e. The summed E-state index contributed by atoms with van der Waals surface area (Å²) in [6.45, 7) is 2.22. The second-order valence-corrected chi connectivity index (χ2v) is 7.44. The Hall–Kier alpha value is -2.90. The molecule has 0 radical (unpaired) electrons. The molecule has 1 atom stereocenters. The van der Waals surface area contributed by atoms with Crippen LogP contribution in [0.25, 0.3) is 21.8 Å². The molecular formula is C19H22N6O2. The molecule has 1 unspecified atom stereocenters. The molecule has 5 rings (SSSR count). The van der Waals surface area contributed by atoms with Gasteiger partial charge in [0.15, 0.2) is 5.82 Å². The lowest BCUT2D eigenvalue weighted by molar-refractivity contribution is 0.0880. The number of amides is 1. The van der Waals surface area contributed by atoms with E-state index in [1.54, 1.807) is 6.20 Å². The summed E-state index contributed by atoms with van der Waals surface area (Å²) in [4.78, 5) is 21.8. The summed E-state index contributed by atoms with van der Waals surface area (Å²) >= 11 is 0. The Morgan fingerprint density at radius 1 is 1.33 bits per heavy atom. The van der Waals surface area contributed by atoms with Gasteiger partial charge in [0.2, 0.25) is 0 Å². The molecule has 0 spiro atoms. The van der Waals surface area contributed by atoms with Gasteiger partial charge in [-0.15, -0.1) is 5.10 Å². The molecule has 1 aliphatic heterocycles. The van der Waals surface area contributed by atoms with Gasteiger partial charge in [0, 0.05) is 41.6 Å². The molecule has 0 aromatic carbocycles. The number of piperidine rings is 1. The molecule has 1 saturated carbocycles. The summed E-state index contributed by atoms with van der Waals surface area (Å²) < 4.78 is 5.65. The van der Waals surface area contributed by atoms with E-state index in [9.17, 15) is 4.79 Å². The number of nitrogens with one attached hydrogen (secondary N) is 2. The van der Waals surface area contributed by atoms with E-state index in [-0.39, 0.29) is 12.2 Å². The van der Waals surface area contributed by atoms with Gasteiger partial charge in [0.1, 0.15) is 11.8 Å². The molecule has 8 heteroatoms. The molecule has 3 aromatic heterocycles. The number of carbonyl (C=O) groups is 1. The standard InChI is InChI=1S/C19H22N6O2/c26-19(22-8-12-3-4-12)27-14-2-1-7-25(11-14)18-16-13(10-23-24-18)9-21-17-15(16)5-6-20-17/h5-6,9-10,12,14H,1-4,7-8,11H2,(H,20,21)(H,22,26). The Labute approximate surface area is 156 Å². The van der Waals surface area contributed by atoms with Gasteiger partial charge >= 0.3 is 6.09 Å². The van der Waals surface area contributed by atoms with Crippen LogP contribution in [0.5, 0.6) is 0 Å².